The molecule has 4 nitrogen and oxygen atoms in total. The zero-order valence-electron chi connectivity index (χ0n) is 8.15. The van der Waals surface area contributed by atoms with Gasteiger partial charge in [0.25, 0.3) is 0 Å². The van der Waals surface area contributed by atoms with E-state index in [1.54, 1.807) is 0 Å². The molecule has 0 aliphatic rings. The van der Waals surface area contributed by atoms with Crippen molar-refractivity contribution in [1.82, 2.24) is 14.8 Å². The number of nitrogens with one attached hydrogen (secondary N) is 1. The third kappa shape index (κ3) is 2.69. The van der Waals surface area contributed by atoms with Crippen LogP contribution >= 0.6 is 11.5 Å². The summed E-state index contributed by atoms with van der Waals surface area (Å²) < 4.78 is 29.6. The number of aromatic nitrogens is 3. The lowest BCUT2D eigenvalue weighted by molar-refractivity contribution is 0.586. The number of anilines is 1. The van der Waals surface area contributed by atoms with Crippen LogP contribution < -0.4 is 5.32 Å². The van der Waals surface area contributed by atoms with Crippen molar-refractivity contribution in [3.05, 3.63) is 35.4 Å². The van der Waals surface area contributed by atoms with Crippen molar-refractivity contribution >= 4 is 16.7 Å². The van der Waals surface area contributed by atoms with Crippen molar-refractivity contribution in [2.45, 2.75) is 6.42 Å². The minimum absolute atomic E-state index is 0.338. The van der Waals surface area contributed by atoms with Crippen LogP contribution in [0, 0.1) is 11.6 Å². The van der Waals surface area contributed by atoms with Gasteiger partial charge in [-0.05, 0) is 35.4 Å². The molecule has 84 valence electrons. The van der Waals surface area contributed by atoms with Gasteiger partial charge in [-0.15, -0.1) is 0 Å². The lowest BCUT2D eigenvalue weighted by Gasteiger charge is -2.03. The largest absolute Gasteiger partial charge is 0.359 e. The molecule has 0 saturated carbocycles. The molecule has 1 aromatic heterocycles. The van der Waals surface area contributed by atoms with Crippen LogP contribution in [0.15, 0.2) is 18.2 Å². The van der Waals surface area contributed by atoms with Gasteiger partial charge in [0, 0.05) is 18.1 Å². The Morgan fingerprint density at radius 3 is 2.94 bits per heavy atom. The normalized spacial score (nSPS) is 10.4. The van der Waals surface area contributed by atoms with Crippen molar-refractivity contribution < 1.29 is 8.78 Å². The minimum Gasteiger partial charge on any atom is -0.359 e. The van der Waals surface area contributed by atoms with Crippen LogP contribution in [0.25, 0.3) is 0 Å². The molecular formula is C9H8F2N4S. The highest BCUT2D eigenvalue weighted by atomic mass is 32.1. The molecule has 1 N–H and O–H groups in total. The Balaban J connectivity index is 1.92. The van der Waals surface area contributed by atoms with E-state index in [1.807, 2.05) is 0 Å². The fraction of sp³-hybridized carbons (Fsp3) is 0.222. The number of hydrogen-bond donors (Lipinski definition) is 1. The Labute approximate surface area is 94.5 Å². The summed E-state index contributed by atoms with van der Waals surface area (Å²) in [6.07, 6.45) is 0.378. The summed E-state index contributed by atoms with van der Waals surface area (Å²) in [5.41, 5.74) is 0.338. The zero-order chi connectivity index (χ0) is 11.4. The van der Waals surface area contributed by atoms with Crippen LogP contribution in [-0.2, 0) is 6.42 Å². The Bertz CT molecular complexity index is 461. The molecule has 0 unspecified atom stereocenters. The molecule has 0 spiro atoms. The topological polar surface area (TPSA) is 50.7 Å². The van der Waals surface area contributed by atoms with Gasteiger partial charge in [-0.2, -0.15) is 0 Å². The first-order chi connectivity index (χ1) is 7.75. The molecular weight excluding hydrogens is 234 g/mol. The molecule has 7 heteroatoms. The number of rotatable bonds is 4. The molecule has 1 aromatic carbocycles. The Kier molecular flexibility index (Phi) is 3.35. The van der Waals surface area contributed by atoms with Gasteiger partial charge < -0.3 is 5.32 Å². The van der Waals surface area contributed by atoms with Crippen LogP contribution in [0.1, 0.15) is 5.56 Å². The summed E-state index contributed by atoms with van der Waals surface area (Å²) in [6, 6.07) is 3.41. The molecule has 2 aromatic rings. The van der Waals surface area contributed by atoms with Gasteiger partial charge in [0.2, 0.25) is 5.13 Å². The number of hydrogen-bond acceptors (Lipinski definition) is 5. The van der Waals surface area contributed by atoms with Crippen LogP contribution in [0.3, 0.4) is 0 Å². The molecule has 1 heterocycles. The van der Waals surface area contributed by atoms with E-state index >= 15 is 0 Å². The first-order valence-corrected chi connectivity index (χ1v) is 5.36. The van der Waals surface area contributed by atoms with E-state index in [9.17, 15) is 8.78 Å². The lowest BCUT2D eigenvalue weighted by Crippen LogP contribution is -2.06. The summed E-state index contributed by atoms with van der Waals surface area (Å²) in [4.78, 5) is 0. The molecule has 0 atom stereocenters. The zero-order valence-corrected chi connectivity index (χ0v) is 8.97. The van der Waals surface area contributed by atoms with Crippen molar-refractivity contribution in [2.75, 3.05) is 11.9 Å². The van der Waals surface area contributed by atoms with Gasteiger partial charge in [-0.3, -0.25) is 0 Å². The second kappa shape index (κ2) is 4.93. The molecule has 0 saturated heterocycles. The molecule has 0 radical (unpaired) electrons. The molecule has 2 rings (SSSR count). The lowest BCUT2D eigenvalue weighted by atomic mass is 10.1. The Morgan fingerprint density at radius 1 is 1.31 bits per heavy atom. The maximum atomic E-state index is 13.2. The van der Waals surface area contributed by atoms with Crippen molar-refractivity contribution in [2.24, 2.45) is 0 Å². The van der Waals surface area contributed by atoms with Gasteiger partial charge in [-0.25, -0.2) is 8.78 Å². The van der Waals surface area contributed by atoms with Gasteiger partial charge >= 0.3 is 0 Å². The highest BCUT2D eigenvalue weighted by Gasteiger charge is 2.04. The molecule has 0 fully saturated rings. The van der Waals surface area contributed by atoms with Crippen molar-refractivity contribution in [3.8, 4) is 0 Å². The smallest absolute Gasteiger partial charge is 0.225 e. The van der Waals surface area contributed by atoms with Crippen molar-refractivity contribution in [3.63, 3.8) is 0 Å². The SMILES string of the molecule is Fc1ccc(F)c(CCNc2nnns2)c1. The van der Waals surface area contributed by atoms with Gasteiger partial charge in [0.05, 0.1) is 0 Å². The Hall–Kier alpha value is -1.63. The maximum absolute atomic E-state index is 13.2. The fourth-order valence-corrected chi connectivity index (χ4v) is 1.63. The second-order valence-electron chi connectivity index (χ2n) is 3.08. The standard InChI is InChI=1S/C9H8F2N4S/c10-7-1-2-8(11)6(5-7)3-4-12-9-13-14-15-16-9/h1-2,5H,3-4H2,(H,12,13,15). The van der Waals surface area contributed by atoms with Gasteiger partial charge in [-0.1, -0.05) is 9.59 Å². The van der Waals surface area contributed by atoms with E-state index in [2.05, 4.69) is 20.1 Å². The van der Waals surface area contributed by atoms with Crippen LogP contribution in [0.5, 0.6) is 0 Å². The van der Waals surface area contributed by atoms with E-state index in [1.165, 1.54) is 6.07 Å². The van der Waals surface area contributed by atoms with Crippen LogP contribution in [0.2, 0.25) is 0 Å². The molecule has 16 heavy (non-hydrogen) atoms. The predicted octanol–water partition coefficient (Wildman–Crippen LogP) is 1.87. The van der Waals surface area contributed by atoms with E-state index < -0.39 is 11.6 Å². The van der Waals surface area contributed by atoms with E-state index in [4.69, 9.17) is 0 Å². The third-order valence-electron chi connectivity index (χ3n) is 1.98. The van der Waals surface area contributed by atoms with E-state index in [0.29, 0.717) is 23.7 Å². The van der Waals surface area contributed by atoms with Crippen molar-refractivity contribution in [1.29, 1.82) is 0 Å². The fourth-order valence-electron chi connectivity index (χ4n) is 1.24. The molecule has 0 bridgehead atoms. The van der Waals surface area contributed by atoms with Crippen LogP contribution in [-0.4, -0.2) is 21.3 Å². The highest BCUT2D eigenvalue weighted by molar-refractivity contribution is 7.09. The second-order valence-corrected chi connectivity index (χ2v) is 3.81. The highest BCUT2D eigenvalue weighted by Crippen LogP contribution is 2.11. The average Bonchev–Trinajstić information content (AvgIpc) is 2.76. The van der Waals surface area contributed by atoms with E-state index in [0.717, 1.165) is 23.7 Å². The van der Waals surface area contributed by atoms with Gasteiger partial charge in [0.15, 0.2) is 0 Å². The van der Waals surface area contributed by atoms with Crippen LogP contribution in [0.4, 0.5) is 13.9 Å². The summed E-state index contributed by atoms with van der Waals surface area (Å²) in [5, 5.41) is 10.5. The molecule has 0 aliphatic carbocycles. The maximum Gasteiger partial charge on any atom is 0.225 e. The predicted molar refractivity (Wildman–Crippen MR) is 56.3 cm³/mol. The quantitative estimate of drug-likeness (QED) is 0.889. The Morgan fingerprint density at radius 2 is 2.19 bits per heavy atom. The number of nitrogens with zero attached hydrogens (tertiary/aromatic N) is 3. The number of halogens is 2. The first-order valence-electron chi connectivity index (χ1n) is 4.58. The average molecular weight is 242 g/mol. The monoisotopic (exact) mass is 242 g/mol. The molecule has 0 amide bonds. The minimum atomic E-state index is -0.436. The van der Waals surface area contributed by atoms with E-state index in [-0.39, 0.29) is 0 Å². The first kappa shape index (κ1) is 10.9. The third-order valence-corrected chi connectivity index (χ3v) is 2.53. The summed E-state index contributed by atoms with van der Waals surface area (Å²) in [5.74, 6) is -0.840. The summed E-state index contributed by atoms with van der Waals surface area (Å²) in [7, 11) is 0. The summed E-state index contributed by atoms with van der Waals surface area (Å²) in [6.45, 7) is 0.456. The number of benzene rings is 1. The van der Waals surface area contributed by atoms with Gasteiger partial charge in [0.1, 0.15) is 11.6 Å². The summed E-state index contributed by atoms with van der Waals surface area (Å²) >= 11 is 1.11. The molecule has 0 aliphatic heterocycles.